The number of alkyl halides is 3. The predicted molar refractivity (Wildman–Crippen MR) is 76.8 cm³/mol. The summed E-state index contributed by atoms with van der Waals surface area (Å²) in [6.45, 7) is 1.33. The second-order valence-electron chi connectivity index (χ2n) is 5.54. The van der Waals surface area contributed by atoms with Crippen molar-refractivity contribution in [1.82, 2.24) is 9.62 Å². The minimum absolute atomic E-state index is 0.275. The van der Waals surface area contributed by atoms with Crippen LogP contribution in [0.15, 0.2) is 23.1 Å². The van der Waals surface area contributed by atoms with E-state index in [1.54, 1.807) is 0 Å². The molecule has 9 heteroatoms. The van der Waals surface area contributed by atoms with Crippen molar-refractivity contribution in [2.75, 3.05) is 26.7 Å². The summed E-state index contributed by atoms with van der Waals surface area (Å²) in [7, 11) is -2.17. The molecule has 0 aromatic heterocycles. The molecule has 1 aliphatic heterocycles. The third-order valence-electron chi connectivity index (χ3n) is 3.95. The molecular weight excluding hydrogens is 336 g/mol. The van der Waals surface area contributed by atoms with Crippen molar-refractivity contribution in [3.8, 4) is 0 Å². The van der Waals surface area contributed by atoms with Gasteiger partial charge >= 0.3 is 6.18 Å². The highest BCUT2D eigenvalue weighted by Gasteiger charge is 2.36. The minimum atomic E-state index is -4.85. The number of piperidine rings is 1. The molecule has 0 amide bonds. The largest absolute Gasteiger partial charge is 0.419 e. The van der Waals surface area contributed by atoms with Crippen LogP contribution in [0.2, 0.25) is 0 Å². The second kappa shape index (κ2) is 6.74. The van der Waals surface area contributed by atoms with Crippen LogP contribution in [0.4, 0.5) is 17.6 Å². The maximum Gasteiger partial charge on any atom is 0.419 e. The molecule has 23 heavy (non-hydrogen) atoms. The third-order valence-corrected chi connectivity index (χ3v) is 5.84. The van der Waals surface area contributed by atoms with Gasteiger partial charge in [0, 0.05) is 13.1 Å². The maximum absolute atomic E-state index is 13.6. The summed E-state index contributed by atoms with van der Waals surface area (Å²) in [5.74, 6) is -1.22. The van der Waals surface area contributed by atoms with Crippen molar-refractivity contribution in [2.45, 2.75) is 23.9 Å². The summed E-state index contributed by atoms with van der Waals surface area (Å²) in [5.41, 5.74) is -1.47. The molecule has 0 aliphatic carbocycles. The Kier molecular flexibility index (Phi) is 5.32. The van der Waals surface area contributed by atoms with E-state index >= 15 is 0 Å². The predicted octanol–water partition coefficient (Wildman–Crippen LogP) is 2.46. The lowest BCUT2D eigenvalue weighted by molar-refractivity contribution is -0.140. The Morgan fingerprint density at radius 3 is 2.35 bits per heavy atom. The summed E-state index contributed by atoms with van der Waals surface area (Å²) in [6.07, 6.45) is -3.54. The first kappa shape index (κ1) is 18.2. The number of hydrogen-bond donors (Lipinski definition) is 1. The van der Waals surface area contributed by atoms with Crippen molar-refractivity contribution < 1.29 is 26.0 Å². The standard InChI is InChI=1S/C14H18F4N2O2S/c1-19-9-10-4-6-20(7-5-10)23(21,22)11-2-3-12(13(15)8-11)14(16,17)18/h2-3,8,10,19H,4-7,9H2,1H3. The quantitative estimate of drug-likeness (QED) is 0.845. The van der Waals surface area contributed by atoms with E-state index in [0.29, 0.717) is 30.9 Å². The topological polar surface area (TPSA) is 49.4 Å². The van der Waals surface area contributed by atoms with Crippen LogP contribution in [0.5, 0.6) is 0 Å². The first-order valence-electron chi connectivity index (χ1n) is 7.17. The average Bonchev–Trinajstić information content (AvgIpc) is 2.46. The van der Waals surface area contributed by atoms with Crippen molar-refractivity contribution in [2.24, 2.45) is 5.92 Å². The number of hydrogen-bond acceptors (Lipinski definition) is 3. The Hall–Kier alpha value is -1.19. The van der Waals surface area contributed by atoms with E-state index in [2.05, 4.69) is 5.32 Å². The van der Waals surface area contributed by atoms with Crippen LogP contribution in [-0.4, -0.2) is 39.4 Å². The molecule has 1 saturated heterocycles. The summed E-state index contributed by atoms with van der Waals surface area (Å²) in [6, 6.07) is 1.72. The lowest BCUT2D eigenvalue weighted by atomic mass is 9.98. The normalized spacial score (nSPS) is 18.3. The maximum atomic E-state index is 13.6. The van der Waals surface area contributed by atoms with Gasteiger partial charge in [-0.15, -0.1) is 0 Å². The van der Waals surface area contributed by atoms with E-state index in [4.69, 9.17) is 0 Å². The molecule has 1 aromatic carbocycles. The number of nitrogens with zero attached hydrogens (tertiary/aromatic N) is 1. The molecule has 0 spiro atoms. The van der Waals surface area contributed by atoms with E-state index in [1.807, 2.05) is 7.05 Å². The van der Waals surface area contributed by atoms with Crippen molar-refractivity contribution in [3.05, 3.63) is 29.6 Å². The Morgan fingerprint density at radius 2 is 1.87 bits per heavy atom. The van der Waals surface area contributed by atoms with Gasteiger partial charge in [0.15, 0.2) is 0 Å². The lowest BCUT2D eigenvalue weighted by Crippen LogP contribution is -2.40. The highest BCUT2D eigenvalue weighted by atomic mass is 32.2. The SMILES string of the molecule is CNCC1CCN(S(=O)(=O)c2ccc(C(F)(F)F)c(F)c2)CC1. The highest BCUT2D eigenvalue weighted by Crippen LogP contribution is 2.33. The van der Waals surface area contributed by atoms with Gasteiger partial charge in [0.25, 0.3) is 0 Å². The van der Waals surface area contributed by atoms with Crippen LogP contribution in [0, 0.1) is 11.7 Å². The van der Waals surface area contributed by atoms with E-state index < -0.39 is 32.5 Å². The molecule has 0 unspecified atom stereocenters. The van der Waals surface area contributed by atoms with Gasteiger partial charge in [0.05, 0.1) is 10.5 Å². The molecule has 1 aromatic rings. The van der Waals surface area contributed by atoms with Gasteiger partial charge < -0.3 is 5.32 Å². The van der Waals surface area contributed by atoms with Crippen LogP contribution in [-0.2, 0) is 16.2 Å². The Balaban J connectivity index is 2.19. The third kappa shape index (κ3) is 4.02. The molecule has 4 nitrogen and oxygen atoms in total. The van der Waals surface area contributed by atoms with E-state index in [0.717, 1.165) is 12.6 Å². The Bertz CT molecular complexity index is 653. The van der Waals surface area contributed by atoms with Gasteiger partial charge in [0.1, 0.15) is 5.82 Å². The lowest BCUT2D eigenvalue weighted by Gasteiger charge is -2.31. The van der Waals surface area contributed by atoms with E-state index in [-0.39, 0.29) is 13.1 Å². The highest BCUT2D eigenvalue weighted by molar-refractivity contribution is 7.89. The summed E-state index contributed by atoms with van der Waals surface area (Å²) in [5, 5.41) is 3.03. The monoisotopic (exact) mass is 354 g/mol. The molecule has 1 N–H and O–H groups in total. The van der Waals surface area contributed by atoms with Crippen molar-refractivity contribution >= 4 is 10.0 Å². The molecule has 0 atom stereocenters. The molecule has 130 valence electrons. The number of nitrogens with one attached hydrogen (secondary N) is 1. The van der Waals surface area contributed by atoms with Gasteiger partial charge in [-0.2, -0.15) is 17.5 Å². The molecule has 0 bridgehead atoms. The second-order valence-corrected chi connectivity index (χ2v) is 7.48. The number of halogens is 4. The molecule has 1 aliphatic rings. The molecule has 1 fully saturated rings. The van der Waals surface area contributed by atoms with Crippen LogP contribution >= 0.6 is 0 Å². The van der Waals surface area contributed by atoms with Crippen LogP contribution in [0.1, 0.15) is 18.4 Å². The van der Waals surface area contributed by atoms with Gasteiger partial charge in [-0.25, -0.2) is 12.8 Å². The summed E-state index contributed by atoms with van der Waals surface area (Å²) >= 11 is 0. The van der Waals surface area contributed by atoms with Crippen molar-refractivity contribution in [3.63, 3.8) is 0 Å². The number of sulfonamides is 1. The first-order valence-corrected chi connectivity index (χ1v) is 8.61. The van der Waals surface area contributed by atoms with Crippen LogP contribution in [0.25, 0.3) is 0 Å². The Morgan fingerprint density at radius 1 is 1.26 bits per heavy atom. The van der Waals surface area contributed by atoms with E-state index in [9.17, 15) is 26.0 Å². The summed E-state index contributed by atoms with van der Waals surface area (Å²) in [4.78, 5) is -0.449. The molecule has 1 heterocycles. The number of benzene rings is 1. The Labute approximate surface area is 132 Å². The molecule has 0 radical (unpaired) electrons. The number of rotatable bonds is 4. The average molecular weight is 354 g/mol. The smallest absolute Gasteiger partial charge is 0.319 e. The van der Waals surface area contributed by atoms with Gasteiger partial charge in [-0.3, -0.25) is 0 Å². The zero-order chi connectivity index (χ0) is 17.3. The fraction of sp³-hybridized carbons (Fsp3) is 0.571. The fourth-order valence-corrected chi connectivity index (χ4v) is 4.16. The molecule has 2 rings (SSSR count). The van der Waals surface area contributed by atoms with Crippen LogP contribution in [0.3, 0.4) is 0 Å². The minimum Gasteiger partial charge on any atom is -0.319 e. The first-order chi connectivity index (χ1) is 10.7. The van der Waals surface area contributed by atoms with Gasteiger partial charge in [0.2, 0.25) is 10.0 Å². The molecular formula is C14H18F4N2O2S. The van der Waals surface area contributed by atoms with Crippen molar-refractivity contribution in [1.29, 1.82) is 0 Å². The van der Waals surface area contributed by atoms with Crippen LogP contribution < -0.4 is 5.32 Å². The summed E-state index contributed by atoms with van der Waals surface area (Å²) < 4.78 is 77.3. The van der Waals surface area contributed by atoms with Gasteiger partial charge in [-0.1, -0.05) is 0 Å². The zero-order valence-corrected chi connectivity index (χ0v) is 13.3. The van der Waals surface area contributed by atoms with Gasteiger partial charge in [-0.05, 0) is 50.6 Å². The fourth-order valence-electron chi connectivity index (χ4n) is 2.68. The zero-order valence-electron chi connectivity index (χ0n) is 12.5. The van der Waals surface area contributed by atoms with E-state index in [1.165, 1.54) is 4.31 Å². The molecule has 0 saturated carbocycles.